The van der Waals surface area contributed by atoms with Crippen molar-refractivity contribution in [3.8, 4) is 0 Å². The minimum Gasteiger partial charge on any atom is -0.480 e. The fraction of sp³-hybridized carbons (Fsp3) is 0.778. The molecule has 0 spiro atoms. The second-order valence-corrected chi connectivity index (χ2v) is 2.30. The molecule has 3 nitrogen and oxygen atoms in total. The Labute approximate surface area is 93.0 Å². The van der Waals surface area contributed by atoms with Crippen LogP contribution in [0.2, 0.25) is 0 Å². The van der Waals surface area contributed by atoms with Gasteiger partial charge in [-0.1, -0.05) is 20.3 Å². The van der Waals surface area contributed by atoms with E-state index >= 15 is 0 Å². The van der Waals surface area contributed by atoms with Crippen molar-refractivity contribution in [2.45, 2.75) is 33.1 Å². The molecule has 4 heteroatoms. The van der Waals surface area contributed by atoms with Gasteiger partial charge in [0.2, 0.25) is 0 Å². The molecule has 0 saturated heterocycles. The molecule has 0 fully saturated rings. The average Bonchev–Trinajstić information content (AvgIpc) is 1.99. The van der Waals surface area contributed by atoms with Crippen molar-refractivity contribution in [1.82, 2.24) is 0 Å². The van der Waals surface area contributed by atoms with Gasteiger partial charge in [0.1, 0.15) is 6.61 Å². The van der Waals surface area contributed by atoms with Crippen LogP contribution in [0.5, 0.6) is 0 Å². The molecule has 13 heavy (non-hydrogen) atoms. The third kappa shape index (κ3) is 33.3. The van der Waals surface area contributed by atoms with Crippen LogP contribution in [-0.2, 0) is 9.53 Å². The molecule has 0 rings (SSSR count). The standard InChI is InChI=1S/C6H12O3.C3H7.Li/c1-2-3-4-9-5-6(7)8;1-3-2;/h2-5H2,1H3,(H,7,8);1,3H2,2H3;/q;-1;+1. The fourth-order valence-corrected chi connectivity index (χ4v) is 0.406. The van der Waals surface area contributed by atoms with Crippen molar-refractivity contribution in [3.63, 3.8) is 0 Å². The molecule has 0 radical (unpaired) electrons. The molecular formula is C9H19LiO3. The summed E-state index contributed by atoms with van der Waals surface area (Å²) >= 11 is 0. The Kier molecular flexibility index (Phi) is 25.9. The summed E-state index contributed by atoms with van der Waals surface area (Å²) in [5, 5.41) is 8.09. The molecule has 0 heterocycles. The van der Waals surface area contributed by atoms with Crippen LogP contribution < -0.4 is 18.9 Å². The Morgan fingerprint density at radius 1 is 1.46 bits per heavy atom. The molecule has 0 saturated carbocycles. The maximum Gasteiger partial charge on any atom is 1.00 e. The maximum absolute atomic E-state index is 9.84. The maximum atomic E-state index is 9.84. The molecule has 0 aromatic rings. The Balaban J connectivity index is -0.000000220. The number of carboxylic acids is 1. The van der Waals surface area contributed by atoms with E-state index in [2.05, 4.69) is 6.92 Å². The second kappa shape index (κ2) is 17.9. The van der Waals surface area contributed by atoms with Crippen LogP contribution in [0.1, 0.15) is 33.1 Å². The van der Waals surface area contributed by atoms with E-state index in [1.54, 1.807) is 0 Å². The van der Waals surface area contributed by atoms with Crippen LogP contribution in [-0.4, -0.2) is 24.3 Å². The van der Waals surface area contributed by atoms with Gasteiger partial charge in [-0.2, -0.15) is 6.42 Å². The van der Waals surface area contributed by atoms with Crippen LogP contribution in [0.15, 0.2) is 0 Å². The van der Waals surface area contributed by atoms with Gasteiger partial charge in [-0.3, -0.25) is 0 Å². The normalized spacial score (nSPS) is 7.92. The van der Waals surface area contributed by atoms with E-state index in [9.17, 15) is 4.79 Å². The zero-order valence-electron chi connectivity index (χ0n) is 9.01. The summed E-state index contributed by atoms with van der Waals surface area (Å²) in [4.78, 5) is 9.84. The summed E-state index contributed by atoms with van der Waals surface area (Å²) in [5.41, 5.74) is 0. The first-order valence-electron chi connectivity index (χ1n) is 4.27. The number of ether oxygens (including phenoxy) is 1. The number of carbonyl (C=O) groups is 1. The van der Waals surface area contributed by atoms with E-state index in [-0.39, 0.29) is 25.5 Å². The van der Waals surface area contributed by atoms with Crippen LogP contribution >= 0.6 is 0 Å². The quantitative estimate of drug-likeness (QED) is 0.341. The summed E-state index contributed by atoms with van der Waals surface area (Å²) in [5.74, 6) is -0.897. The molecule has 0 aromatic heterocycles. The zero-order valence-corrected chi connectivity index (χ0v) is 9.01. The predicted octanol–water partition coefficient (Wildman–Crippen LogP) is -0.878. The topological polar surface area (TPSA) is 46.5 Å². The van der Waals surface area contributed by atoms with Crippen LogP contribution in [0.3, 0.4) is 0 Å². The molecular weight excluding hydrogens is 163 g/mol. The van der Waals surface area contributed by atoms with Gasteiger partial charge in [0.05, 0.1) is 0 Å². The second-order valence-electron chi connectivity index (χ2n) is 2.30. The smallest absolute Gasteiger partial charge is 0.480 e. The van der Waals surface area contributed by atoms with E-state index in [0.717, 1.165) is 19.3 Å². The largest absolute Gasteiger partial charge is 1.00 e. The molecule has 0 aliphatic heterocycles. The Morgan fingerprint density at radius 3 is 2.23 bits per heavy atom. The van der Waals surface area contributed by atoms with Gasteiger partial charge in [-0.15, -0.1) is 0 Å². The summed E-state index contributed by atoms with van der Waals surface area (Å²) < 4.78 is 4.74. The van der Waals surface area contributed by atoms with Crippen molar-refractivity contribution in [2.24, 2.45) is 0 Å². The summed E-state index contributed by atoms with van der Waals surface area (Å²) in [6, 6.07) is 0. The minimum absolute atomic E-state index is 0. The molecule has 1 N–H and O–H groups in total. The third-order valence-electron chi connectivity index (χ3n) is 0.868. The first-order chi connectivity index (χ1) is 5.68. The first kappa shape index (κ1) is 18.7. The van der Waals surface area contributed by atoms with Gasteiger partial charge >= 0.3 is 24.8 Å². The van der Waals surface area contributed by atoms with Gasteiger partial charge in [-0.05, 0) is 6.42 Å². The first-order valence-corrected chi connectivity index (χ1v) is 4.27. The van der Waals surface area contributed by atoms with E-state index < -0.39 is 5.97 Å². The summed E-state index contributed by atoms with van der Waals surface area (Å²) in [6.45, 7) is 7.92. The number of hydrogen-bond donors (Lipinski definition) is 1. The number of carboxylic acid groups (broad SMARTS) is 1. The molecule has 0 unspecified atom stereocenters. The number of hydrogen-bond acceptors (Lipinski definition) is 2. The Bertz CT molecular complexity index is 96.9. The van der Waals surface area contributed by atoms with Gasteiger partial charge < -0.3 is 16.8 Å². The van der Waals surface area contributed by atoms with Gasteiger partial charge in [0.25, 0.3) is 0 Å². The van der Waals surface area contributed by atoms with E-state index in [0.29, 0.717) is 6.61 Å². The van der Waals surface area contributed by atoms with Crippen molar-refractivity contribution in [1.29, 1.82) is 0 Å². The number of unbranched alkanes of at least 4 members (excludes halogenated alkanes) is 1. The zero-order chi connectivity index (χ0) is 9.82. The molecule has 0 aromatic carbocycles. The van der Waals surface area contributed by atoms with Crippen molar-refractivity contribution in [2.75, 3.05) is 13.2 Å². The molecule has 0 bridgehead atoms. The average molecular weight is 182 g/mol. The van der Waals surface area contributed by atoms with Crippen molar-refractivity contribution < 1.29 is 33.5 Å². The van der Waals surface area contributed by atoms with Crippen LogP contribution in [0.4, 0.5) is 0 Å². The van der Waals surface area contributed by atoms with E-state index in [4.69, 9.17) is 9.84 Å². The molecule has 74 valence electrons. The third-order valence-corrected chi connectivity index (χ3v) is 0.868. The van der Waals surface area contributed by atoms with Gasteiger partial charge in [0.15, 0.2) is 0 Å². The number of rotatable bonds is 5. The molecule has 0 atom stereocenters. The fourth-order valence-electron chi connectivity index (χ4n) is 0.406. The molecule has 0 amide bonds. The number of aliphatic carboxylic acids is 1. The predicted molar refractivity (Wildman–Crippen MR) is 49.0 cm³/mol. The van der Waals surface area contributed by atoms with E-state index in [1.165, 1.54) is 0 Å². The monoisotopic (exact) mass is 182 g/mol. The van der Waals surface area contributed by atoms with Gasteiger partial charge in [-0.25, -0.2) is 4.79 Å². The summed E-state index contributed by atoms with van der Waals surface area (Å²) in [6.07, 6.45) is 2.98. The van der Waals surface area contributed by atoms with Crippen LogP contribution in [0, 0.1) is 6.92 Å². The molecule has 0 aliphatic rings. The Morgan fingerprint density at radius 2 is 1.92 bits per heavy atom. The van der Waals surface area contributed by atoms with E-state index in [1.807, 2.05) is 13.8 Å². The minimum atomic E-state index is -0.897. The SMILES string of the molecule is CCCCOCC(=O)O.[CH2-]CC.[Li+]. The van der Waals surface area contributed by atoms with Crippen molar-refractivity contribution >= 4 is 5.97 Å². The van der Waals surface area contributed by atoms with Crippen LogP contribution in [0.25, 0.3) is 0 Å². The van der Waals surface area contributed by atoms with Gasteiger partial charge in [0, 0.05) is 6.61 Å². The Hall–Kier alpha value is 0.0274. The summed E-state index contributed by atoms with van der Waals surface area (Å²) in [7, 11) is 0. The van der Waals surface area contributed by atoms with Crippen molar-refractivity contribution in [3.05, 3.63) is 6.92 Å². The molecule has 0 aliphatic carbocycles.